The molecule has 2 aromatic rings. The van der Waals surface area contributed by atoms with E-state index < -0.39 is 4.92 Å². The van der Waals surface area contributed by atoms with Crippen molar-refractivity contribution in [1.82, 2.24) is 14.9 Å². The SMILES string of the molecule is Cc1cc(N(C)CCN(C)C)nc(-c2ccc([N+](=O)[O-])cc2)n1. The van der Waals surface area contributed by atoms with Crippen molar-refractivity contribution in [2.45, 2.75) is 6.92 Å². The summed E-state index contributed by atoms with van der Waals surface area (Å²) >= 11 is 0. The first-order valence-corrected chi connectivity index (χ1v) is 7.33. The maximum atomic E-state index is 10.7. The highest BCUT2D eigenvalue weighted by Gasteiger charge is 2.11. The van der Waals surface area contributed by atoms with E-state index in [0.29, 0.717) is 5.82 Å². The van der Waals surface area contributed by atoms with Gasteiger partial charge in [-0.1, -0.05) is 0 Å². The molecule has 0 aliphatic rings. The average molecular weight is 315 g/mol. The monoisotopic (exact) mass is 315 g/mol. The van der Waals surface area contributed by atoms with Crippen molar-refractivity contribution >= 4 is 11.5 Å². The minimum absolute atomic E-state index is 0.0599. The molecule has 0 spiro atoms. The number of nitrogens with zero attached hydrogens (tertiary/aromatic N) is 5. The number of likely N-dealkylation sites (N-methyl/N-ethyl adjacent to an activating group) is 2. The Kier molecular flexibility index (Phi) is 5.23. The second-order valence-electron chi connectivity index (χ2n) is 5.72. The number of benzene rings is 1. The lowest BCUT2D eigenvalue weighted by atomic mass is 10.2. The average Bonchev–Trinajstić information content (AvgIpc) is 2.52. The first kappa shape index (κ1) is 16.8. The van der Waals surface area contributed by atoms with Gasteiger partial charge in [0.05, 0.1) is 4.92 Å². The minimum Gasteiger partial charge on any atom is -0.358 e. The highest BCUT2D eigenvalue weighted by Crippen LogP contribution is 2.22. The molecule has 1 aromatic heterocycles. The minimum atomic E-state index is -0.415. The third-order valence-electron chi connectivity index (χ3n) is 3.45. The van der Waals surface area contributed by atoms with Crippen LogP contribution in [-0.2, 0) is 0 Å². The zero-order chi connectivity index (χ0) is 17.0. The van der Waals surface area contributed by atoms with Crippen LogP contribution in [0.3, 0.4) is 0 Å². The van der Waals surface area contributed by atoms with Crippen LogP contribution in [0, 0.1) is 17.0 Å². The molecule has 7 heteroatoms. The third-order valence-corrected chi connectivity index (χ3v) is 3.45. The molecule has 23 heavy (non-hydrogen) atoms. The van der Waals surface area contributed by atoms with E-state index in [1.807, 2.05) is 34.1 Å². The highest BCUT2D eigenvalue weighted by atomic mass is 16.6. The van der Waals surface area contributed by atoms with Crippen LogP contribution >= 0.6 is 0 Å². The summed E-state index contributed by atoms with van der Waals surface area (Å²) in [6.45, 7) is 3.69. The standard InChI is InChI=1S/C16H21N5O2/c1-12-11-15(20(4)10-9-19(2)3)18-16(17-12)13-5-7-14(8-6-13)21(22)23/h5-8,11H,9-10H2,1-4H3. The summed E-state index contributed by atoms with van der Waals surface area (Å²) in [5.74, 6) is 1.42. The number of non-ortho nitro benzene ring substituents is 1. The van der Waals surface area contributed by atoms with Gasteiger partial charge < -0.3 is 9.80 Å². The van der Waals surface area contributed by atoms with Gasteiger partial charge in [-0.15, -0.1) is 0 Å². The summed E-state index contributed by atoms with van der Waals surface area (Å²) in [5, 5.41) is 10.7. The molecular weight excluding hydrogens is 294 g/mol. The molecule has 122 valence electrons. The van der Waals surface area contributed by atoms with Crippen molar-refractivity contribution in [1.29, 1.82) is 0 Å². The quantitative estimate of drug-likeness (QED) is 0.602. The fourth-order valence-electron chi connectivity index (χ4n) is 2.07. The van der Waals surface area contributed by atoms with Gasteiger partial charge in [-0.05, 0) is 33.2 Å². The summed E-state index contributed by atoms with van der Waals surface area (Å²) in [5.41, 5.74) is 1.69. The van der Waals surface area contributed by atoms with Crippen molar-refractivity contribution in [3.05, 3.63) is 46.1 Å². The Morgan fingerprint density at radius 1 is 1.09 bits per heavy atom. The highest BCUT2D eigenvalue weighted by molar-refractivity contribution is 5.59. The van der Waals surface area contributed by atoms with Crippen LogP contribution in [0.5, 0.6) is 0 Å². The molecule has 0 unspecified atom stereocenters. The van der Waals surface area contributed by atoms with Gasteiger partial charge in [-0.25, -0.2) is 9.97 Å². The van der Waals surface area contributed by atoms with Crippen LogP contribution in [0.25, 0.3) is 11.4 Å². The van der Waals surface area contributed by atoms with Crippen LogP contribution in [-0.4, -0.2) is 54.0 Å². The van der Waals surface area contributed by atoms with Crippen LogP contribution in [0.4, 0.5) is 11.5 Å². The van der Waals surface area contributed by atoms with Crippen LogP contribution in [0.15, 0.2) is 30.3 Å². The van der Waals surface area contributed by atoms with Gasteiger partial charge in [0.1, 0.15) is 5.82 Å². The lowest BCUT2D eigenvalue weighted by Crippen LogP contribution is -2.29. The first-order valence-electron chi connectivity index (χ1n) is 7.33. The predicted octanol–water partition coefficient (Wildman–Crippen LogP) is 2.36. The van der Waals surface area contributed by atoms with Crippen LogP contribution in [0.2, 0.25) is 0 Å². The van der Waals surface area contributed by atoms with E-state index in [-0.39, 0.29) is 5.69 Å². The Morgan fingerprint density at radius 3 is 2.30 bits per heavy atom. The number of hydrogen-bond acceptors (Lipinski definition) is 6. The van der Waals surface area contributed by atoms with Gasteiger partial charge in [0, 0.05) is 49.6 Å². The number of rotatable bonds is 6. The molecule has 0 bridgehead atoms. The largest absolute Gasteiger partial charge is 0.358 e. The smallest absolute Gasteiger partial charge is 0.269 e. The molecular formula is C16H21N5O2. The molecule has 7 nitrogen and oxygen atoms in total. The Bertz CT molecular complexity index is 685. The van der Waals surface area contributed by atoms with E-state index in [1.165, 1.54) is 12.1 Å². The first-order chi connectivity index (χ1) is 10.9. The summed E-state index contributed by atoms with van der Waals surface area (Å²) in [6.07, 6.45) is 0. The lowest BCUT2D eigenvalue weighted by molar-refractivity contribution is -0.384. The van der Waals surface area contributed by atoms with E-state index in [4.69, 9.17) is 0 Å². The maximum Gasteiger partial charge on any atom is 0.269 e. The second kappa shape index (κ2) is 7.15. The van der Waals surface area contributed by atoms with Crippen molar-refractivity contribution < 1.29 is 4.92 Å². The van der Waals surface area contributed by atoms with Gasteiger partial charge >= 0.3 is 0 Å². The fourth-order valence-corrected chi connectivity index (χ4v) is 2.07. The van der Waals surface area contributed by atoms with Gasteiger partial charge in [-0.2, -0.15) is 0 Å². The van der Waals surface area contributed by atoms with Gasteiger partial charge in [0.25, 0.3) is 5.69 Å². The number of anilines is 1. The Balaban J connectivity index is 2.27. The molecule has 0 aliphatic carbocycles. The predicted molar refractivity (Wildman–Crippen MR) is 90.7 cm³/mol. The summed E-state index contributed by atoms with van der Waals surface area (Å²) < 4.78 is 0. The number of nitro benzene ring substituents is 1. The molecule has 0 N–H and O–H groups in total. The molecule has 0 atom stereocenters. The third kappa shape index (κ3) is 4.46. The van der Waals surface area contributed by atoms with Crippen LogP contribution < -0.4 is 4.90 Å². The summed E-state index contributed by atoms with van der Waals surface area (Å²) in [6, 6.07) is 8.23. The lowest BCUT2D eigenvalue weighted by Gasteiger charge is -2.21. The molecule has 0 amide bonds. The number of aromatic nitrogens is 2. The molecule has 0 radical (unpaired) electrons. The van der Waals surface area contributed by atoms with E-state index in [2.05, 4.69) is 19.8 Å². The Morgan fingerprint density at radius 2 is 1.74 bits per heavy atom. The molecule has 2 rings (SSSR count). The molecule has 0 fully saturated rings. The van der Waals surface area contributed by atoms with E-state index >= 15 is 0 Å². The zero-order valence-corrected chi connectivity index (χ0v) is 13.9. The van der Waals surface area contributed by atoms with Crippen molar-refractivity contribution in [3.63, 3.8) is 0 Å². The topological polar surface area (TPSA) is 75.4 Å². The molecule has 0 aliphatic heterocycles. The Labute approximate surface area is 135 Å². The van der Waals surface area contributed by atoms with Gasteiger partial charge in [0.15, 0.2) is 5.82 Å². The Hall–Kier alpha value is -2.54. The summed E-state index contributed by atoms with van der Waals surface area (Å²) in [4.78, 5) is 23.5. The number of nitro groups is 1. The molecule has 0 saturated heterocycles. The molecule has 0 saturated carbocycles. The van der Waals surface area contributed by atoms with Crippen molar-refractivity contribution in [2.24, 2.45) is 0 Å². The van der Waals surface area contributed by atoms with Crippen molar-refractivity contribution in [3.8, 4) is 11.4 Å². The van der Waals surface area contributed by atoms with Crippen molar-refractivity contribution in [2.75, 3.05) is 39.1 Å². The molecule has 1 heterocycles. The number of hydrogen-bond donors (Lipinski definition) is 0. The van der Waals surface area contributed by atoms with Crippen LogP contribution in [0.1, 0.15) is 5.69 Å². The fraction of sp³-hybridized carbons (Fsp3) is 0.375. The van der Waals surface area contributed by atoms with E-state index in [0.717, 1.165) is 30.2 Å². The maximum absolute atomic E-state index is 10.7. The second-order valence-corrected chi connectivity index (χ2v) is 5.72. The van der Waals surface area contributed by atoms with Gasteiger partial charge in [-0.3, -0.25) is 10.1 Å². The number of aryl methyl sites for hydroxylation is 1. The van der Waals surface area contributed by atoms with E-state index in [9.17, 15) is 10.1 Å². The normalized spacial score (nSPS) is 10.8. The van der Waals surface area contributed by atoms with Gasteiger partial charge in [0.2, 0.25) is 0 Å². The summed E-state index contributed by atoms with van der Waals surface area (Å²) in [7, 11) is 6.05. The van der Waals surface area contributed by atoms with E-state index in [1.54, 1.807) is 12.1 Å². The molecule has 1 aromatic carbocycles. The zero-order valence-electron chi connectivity index (χ0n) is 13.9.